The van der Waals surface area contributed by atoms with E-state index in [0.717, 1.165) is 30.6 Å². The number of aryl methyl sites for hydroxylation is 2. The minimum Gasteiger partial charge on any atom is -0.348 e. The third-order valence-corrected chi connectivity index (χ3v) is 5.84. The Hall–Kier alpha value is -2.09. The van der Waals surface area contributed by atoms with Gasteiger partial charge < -0.3 is 10.6 Å². The smallest absolute Gasteiger partial charge is 0.261 e. The van der Waals surface area contributed by atoms with Crippen LogP contribution in [-0.4, -0.2) is 33.5 Å². The number of rotatable bonds is 5. The van der Waals surface area contributed by atoms with E-state index in [9.17, 15) is 13.2 Å². The van der Waals surface area contributed by atoms with Crippen LogP contribution >= 0.6 is 12.4 Å². The third kappa shape index (κ3) is 5.22. The number of carbonyl (C=O) groups is 1. The monoisotopic (exact) mass is 409 g/mol. The number of benzene rings is 2. The number of nitrogens with one attached hydrogen (secondary N) is 3. The van der Waals surface area contributed by atoms with Gasteiger partial charge in [0.25, 0.3) is 15.9 Å². The van der Waals surface area contributed by atoms with Gasteiger partial charge in [-0.3, -0.25) is 9.52 Å². The fourth-order valence-corrected chi connectivity index (χ4v) is 3.97. The van der Waals surface area contributed by atoms with Crippen LogP contribution < -0.4 is 15.4 Å². The highest BCUT2D eigenvalue weighted by Gasteiger charge is 2.21. The maximum atomic E-state index is 12.7. The van der Waals surface area contributed by atoms with Gasteiger partial charge in [0.1, 0.15) is 0 Å². The summed E-state index contributed by atoms with van der Waals surface area (Å²) < 4.78 is 27.9. The number of carbonyl (C=O) groups excluding carboxylic acids is 1. The first kappa shape index (κ1) is 21.2. The van der Waals surface area contributed by atoms with Crippen molar-refractivity contribution in [1.82, 2.24) is 10.6 Å². The normalized spacial score (nSPS) is 16.4. The van der Waals surface area contributed by atoms with Gasteiger partial charge in [-0.2, -0.15) is 0 Å². The van der Waals surface area contributed by atoms with Gasteiger partial charge in [0.05, 0.1) is 4.90 Å². The molecule has 1 amide bonds. The van der Waals surface area contributed by atoms with Crippen molar-refractivity contribution in [3.63, 3.8) is 0 Å². The molecule has 1 aliphatic heterocycles. The number of amides is 1. The number of sulfonamides is 1. The van der Waals surface area contributed by atoms with Gasteiger partial charge >= 0.3 is 0 Å². The molecule has 1 aliphatic rings. The van der Waals surface area contributed by atoms with Gasteiger partial charge in [0.15, 0.2) is 0 Å². The Kier molecular flexibility index (Phi) is 6.86. The van der Waals surface area contributed by atoms with E-state index in [-0.39, 0.29) is 29.3 Å². The van der Waals surface area contributed by atoms with Crippen molar-refractivity contribution in [3.8, 4) is 0 Å². The largest absolute Gasteiger partial charge is 0.348 e. The first-order valence-electron chi connectivity index (χ1n) is 8.57. The van der Waals surface area contributed by atoms with E-state index >= 15 is 0 Å². The quantitative estimate of drug-likeness (QED) is 0.708. The summed E-state index contributed by atoms with van der Waals surface area (Å²) in [4.78, 5) is 12.6. The lowest BCUT2D eigenvalue weighted by Gasteiger charge is -2.14. The molecule has 1 unspecified atom stereocenters. The Morgan fingerprint density at radius 1 is 1.11 bits per heavy atom. The van der Waals surface area contributed by atoms with E-state index in [1.807, 2.05) is 19.1 Å². The Morgan fingerprint density at radius 3 is 2.44 bits per heavy atom. The molecule has 1 heterocycles. The summed E-state index contributed by atoms with van der Waals surface area (Å²) in [6, 6.07) is 11.8. The zero-order valence-corrected chi connectivity index (χ0v) is 16.9. The second kappa shape index (κ2) is 8.73. The lowest BCUT2D eigenvalue weighted by molar-refractivity contribution is 0.0939. The summed E-state index contributed by atoms with van der Waals surface area (Å²) in [6.45, 7) is 5.34. The minimum absolute atomic E-state index is 0. The molecule has 1 fully saturated rings. The van der Waals surface area contributed by atoms with Crippen LogP contribution in [0.2, 0.25) is 0 Å². The molecule has 0 aromatic heterocycles. The number of halogens is 1. The molecule has 0 aliphatic carbocycles. The molecule has 8 heteroatoms. The van der Waals surface area contributed by atoms with Gasteiger partial charge in [0, 0.05) is 23.8 Å². The molecule has 6 nitrogen and oxygen atoms in total. The molecule has 27 heavy (non-hydrogen) atoms. The molecule has 146 valence electrons. The van der Waals surface area contributed by atoms with E-state index in [0.29, 0.717) is 11.3 Å². The van der Waals surface area contributed by atoms with E-state index in [4.69, 9.17) is 0 Å². The standard InChI is InChI=1S/C19H23N3O3S.ClH/c1-13-3-6-15(7-4-13)22-26(24,25)17-8-5-14(2)18(11-17)19(23)21-16-9-10-20-12-16;/h3-8,11,16,20,22H,9-10,12H2,1-2H3,(H,21,23);1H. The van der Waals surface area contributed by atoms with Crippen LogP contribution in [0.25, 0.3) is 0 Å². The fraction of sp³-hybridized carbons (Fsp3) is 0.316. The predicted molar refractivity (Wildman–Crippen MR) is 109 cm³/mol. The summed E-state index contributed by atoms with van der Waals surface area (Å²) in [5.41, 5.74) is 2.65. The Morgan fingerprint density at radius 2 is 1.81 bits per heavy atom. The van der Waals surface area contributed by atoms with Crippen molar-refractivity contribution in [3.05, 3.63) is 59.2 Å². The average molecular weight is 410 g/mol. The summed E-state index contributed by atoms with van der Waals surface area (Å²) in [5, 5.41) is 6.14. The van der Waals surface area contributed by atoms with Crippen molar-refractivity contribution in [2.45, 2.75) is 31.2 Å². The molecule has 1 atom stereocenters. The van der Waals surface area contributed by atoms with Crippen molar-refractivity contribution in [2.24, 2.45) is 0 Å². The zero-order valence-electron chi connectivity index (χ0n) is 15.3. The second-order valence-electron chi connectivity index (χ2n) is 6.61. The van der Waals surface area contributed by atoms with Gasteiger partial charge in [-0.15, -0.1) is 12.4 Å². The fourth-order valence-electron chi connectivity index (χ4n) is 2.89. The van der Waals surface area contributed by atoms with Crippen LogP contribution in [0.3, 0.4) is 0 Å². The molecule has 2 aromatic carbocycles. The lowest BCUT2D eigenvalue weighted by atomic mass is 10.1. The van der Waals surface area contributed by atoms with Crippen LogP contribution in [0.4, 0.5) is 5.69 Å². The summed E-state index contributed by atoms with van der Waals surface area (Å²) >= 11 is 0. The molecule has 0 radical (unpaired) electrons. The molecule has 0 spiro atoms. The van der Waals surface area contributed by atoms with Gasteiger partial charge in [-0.05, 0) is 56.6 Å². The highest BCUT2D eigenvalue weighted by atomic mass is 35.5. The topological polar surface area (TPSA) is 87.3 Å². The summed E-state index contributed by atoms with van der Waals surface area (Å²) in [5.74, 6) is -0.247. The van der Waals surface area contributed by atoms with Crippen molar-refractivity contribution < 1.29 is 13.2 Å². The molecular formula is C19H24ClN3O3S. The molecule has 3 N–H and O–H groups in total. The Labute approximate surface area is 166 Å². The first-order chi connectivity index (χ1) is 12.3. The lowest BCUT2D eigenvalue weighted by Crippen LogP contribution is -2.36. The maximum absolute atomic E-state index is 12.7. The molecule has 2 aromatic rings. The second-order valence-corrected chi connectivity index (χ2v) is 8.29. The van der Waals surface area contributed by atoms with Crippen molar-refractivity contribution in [1.29, 1.82) is 0 Å². The highest BCUT2D eigenvalue weighted by molar-refractivity contribution is 7.92. The Balaban J connectivity index is 0.00000261. The SMILES string of the molecule is Cc1ccc(NS(=O)(=O)c2ccc(C)c(C(=O)NC3CCNC3)c2)cc1.Cl. The zero-order chi connectivity index (χ0) is 18.7. The summed E-state index contributed by atoms with van der Waals surface area (Å²) in [6.07, 6.45) is 0.873. The first-order valence-corrected chi connectivity index (χ1v) is 10.1. The molecule has 1 saturated heterocycles. The molecular weight excluding hydrogens is 386 g/mol. The van der Waals surface area contributed by atoms with Gasteiger partial charge in [0.2, 0.25) is 0 Å². The van der Waals surface area contributed by atoms with E-state index in [2.05, 4.69) is 15.4 Å². The highest BCUT2D eigenvalue weighted by Crippen LogP contribution is 2.20. The average Bonchev–Trinajstić information content (AvgIpc) is 3.10. The number of hydrogen-bond acceptors (Lipinski definition) is 4. The van der Waals surface area contributed by atoms with Crippen LogP contribution in [0.15, 0.2) is 47.4 Å². The number of anilines is 1. The molecule has 0 bridgehead atoms. The summed E-state index contributed by atoms with van der Waals surface area (Å²) in [7, 11) is -3.77. The minimum atomic E-state index is -3.77. The van der Waals surface area contributed by atoms with Crippen LogP contribution in [-0.2, 0) is 10.0 Å². The number of hydrogen-bond donors (Lipinski definition) is 3. The Bertz CT molecular complexity index is 908. The van der Waals surface area contributed by atoms with Gasteiger partial charge in [-0.25, -0.2) is 8.42 Å². The van der Waals surface area contributed by atoms with Crippen molar-refractivity contribution >= 4 is 34.0 Å². The van der Waals surface area contributed by atoms with E-state index < -0.39 is 10.0 Å². The van der Waals surface area contributed by atoms with Crippen molar-refractivity contribution in [2.75, 3.05) is 17.8 Å². The molecule has 0 saturated carbocycles. The van der Waals surface area contributed by atoms with Gasteiger partial charge in [-0.1, -0.05) is 23.8 Å². The van der Waals surface area contributed by atoms with E-state index in [1.165, 1.54) is 12.1 Å². The third-order valence-electron chi connectivity index (χ3n) is 4.46. The van der Waals surface area contributed by atoms with E-state index in [1.54, 1.807) is 25.1 Å². The predicted octanol–water partition coefficient (Wildman–Crippen LogP) is 2.62. The van der Waals surface area contributed by atoms with Crippen LogP contribution in [0.1, 0.15) is 27.9 Å². The van der Waals surface area contributed by atoms with Crippen LogP contribution in [0, 0.1) is 13.8 Å². The maximum Gasteiger partial charge on any atom is 0.261 e. The molecule has 3 rings (SSSR count). The van der Waals surface area contributed by atoms with Crippen LogP contribution in [0.5, 0.6) is 0 Å².